The molecule has 4 nitrogen and oxygen atoms in total. The number of hydrogen-bond acceptors (Lipinski definition) is 3. The lowest BCUT2D eigenvalue weighted by molar-refractivity contribution is 0.355. The lowest BCUT2D eigenvalue weighted by Gasteiger charge is -2.18. The van der Waals surface area contributed by atoms with Crippen molar-refractivity contribution in [2.75, 3.05) is 19.5 Å². The monoisotopic (exact) mass is 316 g/mol. The Labute approximate surface area is 136 Å². The predicted octanol–water partition coefficient (Wildman–Crippen LogP) is 3.75. The minimum absolute atomic E-state index is 0.126. The maximum Gasteiger partial charge on any atom is 0.171 e. The number of rotatable bonds is 5. The molecule has 0 saturated heterocycles. The first-order valence-electron chi connectivity index (χ1n) is 6.98. The molecular weight excluding hydrogens is 296 g/mol. The van der Waals surface area contributed by atoms with Crippen molar-refractivity contribution in [2.45, 2.75) is 13.0 Å². The molecule has 0 heterocycles. The third kappa shape index (κ3) is 4.11. The van der Waals surface area contributed by atoms with Crippen LogP contribution in [0.25, 0.3) is 0 Å². The van der Waals surface area contributed by atoms with E-state index in [1.807, 2.05) is 36.4 Å². The van der Waals surface area contributed by atoms with Crippen molar-refractivity contribution in [3.05, 3.63) is 54.1 Å². The number of anilines is 1. The number of thiocarbonyl (C=S) groups is 1. The maximum atomic E-state index is 5.36. The van der Waals surface area contributed by atoms with Gasteiger partial charge in [0.2, 0.25) is 0 Å². The summed E-state index contributed by atoms with van der Waals surface area (Å²) in [5.41, 5.74) is 2.02. The normalized spacial score (nSPS) is 11.4. The van der Waals surface area contributed by atoms with Crippen LogP contribution < -0.4 is 20.1 Å². The van der Waals surface area contributed by atoms with Crippen LogP contribution in [0, 0.1) is 0 Å². The molecule has 0 spiro atoms. The fourth-order valence-corrected chi connectivity index (χ4v) is 2.40. The minimum Gasteiger partial charge on any atom is -0.493 e. The van der Waals surface area contributed by atoms with Gasteiger partial charge < -0.3 is 20.1 Å². The second kappa shape index (κ2) is 7.66. The van der Waals surface area contributed by atoms with E-state index >= 15 is 0 Å². The number of hydrogen-bond donors (Lipinski definition) is 2. The van der Waals surface area contributed by atoms with Crippen LogP contribution in [-0.4, -0.2) is 19.3 Å². The van der Waals surface area contributed by atoms with Gasteiger partial charge in [0.15, 0.2) is 16.6 Å². The van der Waals surface area contributed by atoms with Crippen LogP contribution in [-0.2, 0) is 0 Å². The third-order valence-corrected chi connectivity index (χ3v) is 3.51. The van der Waals surface area contributed by atoms with Crippen molar-refractivity contribution in [3.63, 3.8) is 0 Å². The molecule has 0 fully saturated rings. The van der Waals surface area contributed by atoms with Gasteiger partial charge in [-0.1, -0.05) is 30.3 Å². The first-order valence-corrected chi connectivity index (χ1v) is 7.39. The molecule has 0 saturated carbocycles. The van der Waals surface area contributed by atoms with Crippen LogP contribution in [0.3, 0.4) is 0 Å². The Kier molecular flexibility index (Phi) is 5.61. The summed E-state index contributed by atoms with van der Waals surface area (Å²) in [6.45, 7) is 2.07. The highest BCUT2D eigenvalue weighted by molar-refractivity contribution is 7.80. The predicted molar refractivity (Wildman–Crippen MR) is 93.8 cm³/mol. The first kappa shape index (κ1) is 16.1. The molecule has 5 heteroatoms. The molecule has 2 rings (SSSR count). The molecule has 2 aromatic carbocycles. The lowest BCUT2D eigenvalue weighted by atomic mass is 10.1. The SMILES string of the molecule is COc1ccc(NC(=S)N[C@H](C)c2ccccc2)cc1OC. The molecule has 0 unspecified atom stereocenters. The van der Waals surface area contributed by atoms with E-state index in [0.717, 1.165) is 5.69 Å². The first-order chi connectivity index (χ1) is 10.6. The Balaban J connectivity index is 2.00. The Hall–Kier alpha value is -2.27. The molecule has 0 aromatic heterocycles. The van der Waals surface area contributed by atoms with Gasteiger partial charge in [0.1, 0.15) is 0 Å². The fraction of sp³-hybridized carbons (Fsp3) is 0.235. The van der Waals surface area contributed by atoms with Crippen molar-refractivity contribution >= 4 is 23.0 Å². The Morgan fingerprint density at radius 2 is 1.68 bits per heavy atom. The number of methoxy groups -OCH3 is 2. The number of benzene rings is 2. The highest BCUT2D eigenvalue weighted by Gasteiger charge is 2.08. The molecule has 0 radical (unpaired) electrons. The third-order valence-electron chi connectivity index (χ3n) is 3.29. The average molecular weight is 316 g/mol. The van der Waals surface area contributed by atoms with Crippen molar-refractivity contribution in [3.8, 4) is 11.5 Å². The van der Waals surface area contributed by atoms with E-state index in [4.69, 9.17) is 21.7 Å². The molecule has 0 aliphatic heterocycles. The average Bonchev–Trinajstić information content (AvgIpc) is 2.55. The van der Waals surface area contributed by atoms with E-state index < -0.39 is 0 Å². The zero-order chi connectivity index (χ0) is 15.9. The summed E-state index contributed by atoms with van der Waals surface area (Å²) in [6.07, 6.45) is 0. The summed E-state index contributed by atoms with van der Waals surface area (Å²) >= 11 is 5.36. The molecular formula is C17H20N2O2S. The molecule has 2 aromatic rings. The molecule has 1 atom stereocenters. The molecule has 0 amide bonds. The Bertz CT molecular complexity index is 632. The van der Waals surface area contributed by atoms with Crippen molar-refractivity contribution in [1.82, 2.24) is 5.32 Å². The quantitative estimate of drug-likeness (QED) is 0.822. The number of nitrogens with one attached hydrogen (secondary N) is 2. The topological polar surface area (TPSA) is 42.5 Å². The van der Waals surface area contributed by atoms with E-state index in [0.29, 0.717) is 16.6 Å². The summed E-state index contributed by atoms with van der Waals surface area (Å²) in [5.74, 6) is 1.34. The Morgan fingerprint density at radius 3 is 2.32 bits per heavy atom. The van der Waals surface area contributed by atoms with Gasteiger partial charge in [-0.2, -0.15) is 0 Å². The van der Waals surface area contributed by atoms with Crippen LogP contribution in [0.1, 0.15) is 18.5 Å². The summed E-state index contributed by atoms with van der Waals surface area (Å²) in [5, 5.41) is 6.97. The largest absolute Gasteiger partial charge is 0.493 e. The highest BCUT2D eigenvalue weighted by atomic mass is 32.1. The summed E-state index contributed by atoms with van der Waals surface area (Å²) in [6, 6.07) is 15.9. The van der Waals surface area contributed by atoms with Crippen molar-refractivity contribution in [2.24, 2.45) is 0 Å². The van der Waals surface area contributed by atoms with Gasteiger partial charge in [0, 0.05) is 11.8 Å². The fourth-order valence-electron chi connectivity index (χ4n) is 2.10. The van der Waals surface area contributed by atoms with E-state index in [1.54, 1.807) is 14.2 Å². The van der Waals surface area contributed by atoms with Gasteiger partial charge in [-0.15, -0.1) is 0 Å². The Morgan fingerprint density at radius 1 is 1.00 bits per heavy atom. The van der Waals surface area contributed by atoms with Crippen LogP contribution in [0.2, 0.25) is 0 Å². The molecule has 0 aliphatic carbocycles. The standard InChI is InChI=1S/C17H20N2O2S/c1-12(13-7-5-4-6-8-13)18-17(22)19-14-9-10-15(20-2)16(11-14)21-3/h4-12H,1-3H3,(H2,18,19,22)/t12-/m1/s1. The number of ether oxygens (including phenoxy) is 2. The van der Waals surface area contributed by atoms with Gasteiger partial charge in [-0.3, -0.25) is 0 Å². The van der Waals surface area contributed by atoms with Crippen LogP contribution in [0.4, 0.5) is 5.69 Å². The van der Waals surface area contributed by atoms with Crippen LogP contribution in [0.15, 0.2) is 48.5 Å². The zero-order valence-electron chi connectivity index (χ0n) is 12.9. The van der Waals surface area contributed by atoms with Gasteiger partial charge >= 0.3 is 0 Å². The van der Waals surface area contributed by atoms with Gasteiger partial charge in [-0.25, -0.2) is 0 Å². The maximum absolute atomic E-state index is 5.36. The van der Waals surface area contributed by atoms with Gasteiger partial charge in [0.25, 0.3) is 0 Å². The molecule has 0 bridgehead atoms. The van der Waals surface area contributed by atoms with E-state index in [9.17, 15) is 0 Å². The second-order valence-corrected chi connectivity index (χ2v) is 5.21. The molecule has 116 valence electrons. The summed E-state index contributed by atoms with van der Waals surface area (Å²) < 4.78 is 10.5. The van der Waals surface area contributed by atoms with Crippen molar-refractivity contribution in [1.29, 1.82) is 0 Å². The lowest BCUT2D eigenvalue weighted by Crippen LogP contribution is -2.30. The van der Waals surface area contributed by atoms with Gasteiger partial charge in [0.05, 0.1) is 20.3 Å². The summed E-state index contributed by atoms with van der Waals surface area (Å²) in [4.78, 5) is 0. The van der Waals surface area contributed by atoms with Crippen LogP contribution >= 0.6 is 12.2 Å². The summed E-state index contributed by atoms with van der Waals surface area (Å²) in [7, 11) is 3.22. The van der Waals surface area contributed by atoms with Crippen LogP contribution in [0.5, 0.6) is 11.5 Å². The molecule has 2 N–H and O–H groups in total. The zero-order valence-corrected chi connectivity index (χ0v) is 13.7. The van der Waals surface area contributed by atoms with E-state index in [-0.39, 0.29) is 6.04 Å². The van der Waals surface area contributed by atoms with Crippen molar-refractivity contribution < 1.29 is 9.47 Å². The smallest absolute Gasteiger partial charge is 0.171 e. The second-order valence-electron chi connectivity index (χ2n) is 4.80. The van der Waals surface area contributed by atoms with E-state index in [1.165, 1.54) is 5.56 Å². The van der Waals surface area contributed by atoms with Gasteiger partial charge in [-0.05, 0) is 36.8 Å². The molecule has 22 heavy (non-hydrogen) atoms. The van der Waals surface area contributed by atoms with E-state index in [2.05, 4.69) is 29.7 Å². The molecule has 0 aliphatic rings. The highest BCUT2D eigenvalue weighted by Crippen LogP contribution is 2.29. The minimum atomic E-state index is 0.126.